The van der Waals surface area contributed by atoms with Gasteiger partial charge in [-0.2, -0.15) is 11.8 Å². The number of aliphatic hydroxyl groups is 1. The summed E-state index contributed by atoms with van der Waals surface area (Å²) in [5.74, 6) is 0. The molecule has 2 unspecified atom stereocenters. The van der Waals surface area contributed by atoms with Crippen LogP contribution in [0.4, 0.5) is 0 Å². The lowest BCUT2D eigenvalue weighted by Crippen LogP contribution is -2.13. The molecular formula is C13H21NOS. The fourth-order valence-electron chi connectivity index (χ4n) is 2.38. The number of rotatable bonds is 4. The summed E-state index contributed by atoms with van der Waals surface area (Å²) in [6, 6.07) is 2.10. The van der Waals surface area contributed by atoms with Crippen LogP contribution in [0, 0.1) is 0 Å². The monoisotopic (exact) mass is 239 g/mol. The van der Waals surface area contributed by atoms with Crippen molar-refractivity contribution in [2.45, 2.75) is 50.5 Å². The van der Waals surface area contributed by atoms with Crippen molar-refractivity contribution in [3.8, 4) is 0 Å². The second-order valence-electron chi connectivity index (χ2n) is 4.65. The molecule has 2 rings (SSSR count). The molecule has 2 atom stereocenters. The first-order valence-corrected chi connectivity index (χ1v) is 7.40. The lowest BCUT2D eigenvalue weighted by Gasteiger charge is -2.20. The maximum Gasteiger partial charge on any atom is 0.0807 e. The predicted octanol–water partition coefficient (Wildman–Crippen LogP) is 3.00. The zero-order valence-corrected chi connectivity index (χ0v) is 11.0. The molecule has 0 saturated heterocycles. The minimum atomic E-state index is -0.219. The number of hydrogen-bond donors (Lipinski definition) is 1. The standard InChI is InChI=1S/C13H21NOS/c1-10(16-2)6-8-14-9-7-11-12(14)4-3-5-13(11)15/h7,9-10,13,15H,3-6,8H2,1-2H3. The summed E-state index contributed by atoms with van der Waals surface area (Å²) in [5.41, 5.74) is 2.54. The van der Waals surface area contributed by atoms with Crippen LogP contribution < -0.4 is 0 Å². The predicted molar refractivity (Wildman–Crippen MR) is 69.9 cm³/mol. The molecule has 16 heavy (non-hydrogen) atoms. The molecule has 0 aromatic carbocycles. The molecule has 0 saturated carbocycles. The molecule has 0 aliphatic heterocycles. The Bertz CT molecular complexity index is 348. The minimum absolute atomic E-state index is 0.219. The van der Waals surface area contributed by atoms with Crippen molar-refractivity contribution in [1.82, 2.24) is 4.57 Å². The van der Waals surface area contributed by atoms with Gasteiger partial charge in [0.25, 0.3) is 0 Å². The zero-order chi connectivity index (χ0) is 11.5. The number of aliphatic hydroxyl groups excluding tert-OH is 1. The van der Waals surface area contributed by atoms with E-state index in [1.165, 1.54) is 17.7 Å². The lowest BCUT2D eigenvalue weighted by atomic mass is 9.95. The Labute approximate surface area is 102 Å². The minimum Gasteiger partial charge on any atom is -0.388 e. The van der Waals surface area contributed by atoms with Crippen molar-refractivity contribution >= 4 is 11.8 Å². The molecule has 0 amide bonds. The summed E-state index contributed by atoms with van der Waals surface area (Å²) in [6.07, 6.45) is 8.48. The number of fused-ring (bicyclic) bond motifs is 1. The first-order valence-electron chi connectivity index (χ1n) is 6.11. The highest BCUT2D eigenvalue weighted by molar-refractivity contribution is 7.99. The van der Waals surface area contributed by atoms with E-state index in [0.717, 1.165) is 25.8 Å². The normalized spacial score (nSPS) is 21.8. The van der Waals surface area contributed by atoms with Gasteiger partial charge in [-0.3, -0.25) is 0 Å². The molecule has 0 radical (unpaired) electrons. The first-order chi connectivity index (χ1) is 7.72. The van der Waals surface area contributed by atoms with Gasteiger partial charge >= 0.3 is 0 Å². The van der Waals surface area contributed by atoms with E-state index in [-0.39, 0.29) is 6.10 Å². The smallest absolute Gasteiger partial charge is 0.0807 e. The van der Waals surface area contributed by atoms with Gasteiger partial charge in [-0.05, 0) is 38.0 Å². The van der Waals surface area contributed by atoms with Crippen LogP contribution in [0.5, 0.6) is 0 Å². The van der Waals surface area contributed by atoms with Gasteiger partial charge in [-0.15, -0.1) is 0 Å². The SMILES string of the molecule is CSC(C)CCn1ccc2c1CCCC2O. The van der Waals surface area contributed by atoms with Gasteiger partial charge in [0.05, 0.1) is 6.10 Å². The van der Waals surface area contributed by atoms with E-state index in [9.17, 15) is 5.11 Å². The molecule has 1 aliphatic carbocycles. The third kappa shape index (κ3) is 2.46. The summed E-state index contributed by atoms with van der Waals surface area (Å²) in [4.78, 5) is 0. The molecule has 1 N–H and O–H groups in total. The van der Waals surface area contributed by atoms with Crippen LogP contribution in [0.25, 0.3) is 0 Å². The molecule has 1 aromatic rings. The molecule has 0 fully saturated rings. The third-order valence-electron chi connectivity index (χ3n) is 3.54. The lowest BCUT2D eigenvalue weighted by molar-refractivity contribution is 0.155. The maximum absolute atomic E-state index is 9.88. The van der Waals surface area contributed by atoms with Crippen LogP contribution in [-0.2, 0) is 13.0 Å². The number of aromatic nitrogens is 1. The Morgan fingerprint density at radius 2 is 2.44 bits per heavy atom. The van der Waals surface area contributed by atoms with Crippen LogP contribution in [0.2, 0.25) is 0 Å². The fourth-order valence-corrected chi connectivity index (χ4v) is 2.72. The largest absolute Gasteiger partial charge is 0.388 e. The number of aryl methyl sites for hydroxylation is 1. The van der Waals surface area contributed by atoms with E-state index in [1.54, 1.807) is 0 Å². The highest BCUT2D eigenvalue weighted by Gasteiger charge is 2.20. The van der Waals surface area contributed by atoms with Gasteiger partial charge in [-0.25, -0.2) is 0 Å². The quantitative estimate of drug-likeness (QED) is 0.874. The van der Waals surface area contributed by atoms with Gasteiger partial charge < -0.3 is 9.67 Å². The van der Waals surface area contributed by atoms with Crippen molar-refractivity contribution in [1.29, 1.82) is 0 Å². The molecule has 3 heteroatoms. The molecule has 0 bridgehead atoms. The van der Waals surface area contributed by atoms with Gasteiger partial charge in [0.2, 0.25) is 0 Å². The molecule has 0 spiro atoms. The van der Waals surface area contributed by atoms with Gasteiger partial charge in [0.1, 0.15) is 0 Å². The van der Waals surface area contributed by atoms with Gasteiger partial charge in [-0.1, -0.05) is 6.92 Å². The summed E-state index contributed by atoms with van der Waals surface area (Å²) in [7, 11) is 0. The average Bonchev–Trinajstić information content (AvgIpc) is 2.70. The second kappa shape index (κ2) is 5.28. The van der Waals surface area contributed by atoms with Crippen molar-refractivity contribution in [2.75, 3.05) is 6.26 Å². The molecule has 1 aliphatic rings. The Hall–Kier alpha value is -0.410. The summed E-state index contributed by atoms with van der Waals surface area (Å²) in [5, 5.41) is 10.6. The molecule has 1 heterocycles. The van der Waals surface area contributed by atoms with E-state index >= 15 is 0 Å². The Morgan fingerprint density at radius 3 is 3.19 bits per heavy atom. The van der Waals surface area contributed by atoms with E-state index in [1.807, 2.05) is 11.8 Å². The van der Waals surface area contributed by atoms with Crippen molar-refractivity contribution in [2.24, 2.45) is 0 Å². The van der Waals surface area contributed by atoms with E-state index in [4.69, 9.17) is 0 Å². The number of hydrogen-bond acceptors (Lipinski definition) is 2. The molecular weight excluding hydrogens is 218 g/mol. The third-order valence-corrected chi connectivity index (χ3v) is 4.58. The van der Waals surface area contributed by atoms with Gasteiger partial charge in [0.15, 0.2) is 0 Å². The maximum atomic E-state index is 9.88. The fraction of sp³-hybridized carbons (Fsp3) is 0.692. The Morgan fingerprint density at radius 1 is 1.62 bits per heavy atom. The van der Waals surface area contributed by atoms with Crippen LogP contribution in [0.3, 0.4) is 0 Å². The molecule has 90 valence electrons. The molecule has 2 nitrogen and oxygen atoms in total. The van der Waals surface area contributed by atoms with Gasteiger partial charge in [0, 0.05) is 29.2 Å². The average molecular weight is 239 g/mol. The second-order valence-corrected chi connectivity index (χ2v) is 5.93. The summed E-state index contributed by atoms with van der Waals surface area (Å²) < 4.78 is 2.34. The Balaban J connectivity index is 2.05. The highest BCUT2D eigenvalue weighted by Crippen LogP contribution is 2.30. The Kier molecular flexibility index (Phi) is 3.98. The van der Waals surface area contributed by atoms with Crippen molar-refractivity contribution < 1.29 is 5.11 Å². The molecule has 1 aromatic heterocycles. The van der Waals surface area contributed by atoms with Crippen LogP contribution >= 0.6 is 11.8 Å². The van der Waals surface area contributed by atoms with E-state index in [2.05, 4.69) is 30.0 Å². The summed E-state index contributed by atoms with van der Waals surface area (Å²) >= 11 is 1.92. The summed E-state index contributed by atoms with van der Waals surface area (Å²) in [6.45, 7) is 3.36. The topological polar surface area (TPSA) is 25.2 Å². The van der Waals surface area contributed by atoms with Crippen LogP contribution in [0.15, 0.2) is 12.3 Å². The van der Waals surface area contributed by atoms with E-state index in [0.29, 0.717) is 5.25 Å². The van der Waals surface area contributed by atoms with Crippen molar-refractivity contribution in [3.63, 3.8) is 0 Å². The van der Waals surface area contributed by atoms with Crippen LogP contribution in [0.1, 0.15) is 43.5 Å². The number of nitrogens with zero attached hydrogens (tertiary/aromatic N) is 1. The zero-order valence-electron chi connectivity index (χ0n) is 10.1. The van der Waals surface area contributed by atoms with Crippen LogP contribution in [-0.4, -0.2) is 21.2 Å². The first kappa shape index (κ1) is 12.1. The van der Waals surface area contributed by atoms with E-state index < -0.39 is 0 Å². The van der Waals surface area contributed by atoms with Crippen molar-refractivity contribution in [3.05, 3.63) is 23.5 Å². The highest BCUT2D eigenvalue weighted by atomic mass is 32.2. The number of thioether (sulfide) groups is 1.